The minimum absolute atomic E-state index is 0.0884. The number of amides is 1. The molecule has 1 fully saturated rings. The molecule has 0 bridgehead atoms. The zero-order valence-corrected chi connectivity index (χ0v) is 12.4. The van der Waals surface area contributed by atoms with Crippen LogP contribution in [-0.4, -0.2) is 46.7 Å². The average Bonchev–Trinajstić information content (AvgIpc) is 2.31. The van der Waals surface area contributed by atoms with Crippen LogP contribution in [0.4, 0.5) is 0 Å². The van der Waals surface area contributed by atoms with Crippen LogP contribution in [0.1, 0.15) is 47.5 Å². The van der Waals surface area contributed by atoms with Crippen molar-refractivity contribution < 1.29 is 9.90 Å². The van der Waals surface area contributed by atoms with E-state index in [0.717, 1.165) is 25.9 Å². The first-order valence-electron chi connectivity index (χ1n) is 7.01. The van der Waals surface area contributed by atoms with Crippen molar-refractivity contribution in [3.8, 4) is 0 Å². The van der Waals surface area contributed by atoms with Gasteiger partial charge in [-0.15, -0.1) is 0 Å². The second-order valence-electron chi connectivity index (χ2n) is 6.23. The van der Waals surface area contributed by atoms with Crippen LogP contribution >= 0.6 is 0 Å². The fourth-order valence-electron chi connectivity index (χ4n) is 2.21. The highest BCUT2D eigenvalue weighted by Crippen LogP contribution is 2.19. The normalized spacial score (nSPS) is 27.9. The van der Waals surface area contributed by atoms with E-state index in [-0.39, 0.29) is 29.5 Å². The first kappa shape index (κ1) is 15.4. The Kier molecular flexibility index (Phi) is 5.17. The van der Waals surface area contributed by atoms with Crippen LogP contribution in [0.2, 0.25) is 0 Å². The molecule has 0 aromatic heterocycles. The molecule has 1 amide bonds. The monoisotopic (exact) mass is 256 g/mol. The standard InChI is InChI=1S/C14H28N2O2/c1-6-14(4,5)15-13(18)11(3)16-8-7-12(17)10(2)9-16/h10-12,17H,6-9H2,1-5H3,(H,15,18). The molecule has 2 N–H and O–H groups in total. The molecule has 0 radical (unpaired) electrons. The molecule has 106 valence electrons. The minimum atomic E-state index is -0.219. The Labute approximate surface area is 111 Å². The Balaban J connectivity index is 2.54. The number of piperidine rings is 1. The van der Waals surface area contributed by atoms with Gasteiger partial charge in [0.05, 0.1) is 12.1 Å². The van der Waals surface area contributed by atoms with Crippen molar-refractivity contribution in [1.29, 1.82) is 0 Å². The van der Waals surface area contributed by atoms with E-state index in [2.05, 4.69) is 17.1 Å². The first-order chi connectivity index (χ1) is 8.26. The Morgan fingerprint density at radius 3 is 2.67 bits per heavy atom. The van der Waals surface area contributed by atoms with E-state index in [0.29, 0.717) is 0 Å². The summed E-state index contributed by atoms with van der Waals surface area (Å²) in [6.45, 7) is 11.7. The van der Waals surface area contributed by atoms with E-state index < -0.39 is 0 Å². The summed E-state index contributed by atoms with van der Waals surface area (Å²) in [5.74, 6) is 0.332. The van der Waals surface area contributed by atoms with Gasteiger partial charge in [0, 0.05) is 18.6 Å². The van der Waals surface area contributed by atoms with Gasteiger partial charge in [0.2, 0.25) is 5.91 Å². The van der Waals surface area contributed by atoms with E-state index in [1.807, 2.05) is 27.7 Å². The molecule has 0 saturated carbocycles. The number of likely N-dealkylation sites (tertiary alicyclic amines) is 1. The van der Waals surface area contributed by atoms with Gasteiger partial charge >= 0.3 is 0 Å². The van der Waals surface area contributed by atoms with Crippen molar-refractivity contribution in [2.75, 3.05) is 13.1 Å². The maximum absolute atomic E-state index is 12.2. The third kappa shape index (κ3) is 3.95. The van der Waals surface area contributed by atoms with Gasteiger partial charge in [0.15, 0.2) is 0 Å². The number of aliphatic hydroxyl groups excluding tert-OH is 1. The van der Waals surface area contributed by atoms with E-state index in [1.165, 1.54) is 0 Å². The summed E-state index contributed by atoms with van der Waals surface area (Å²) >= 11 is 0. The number of carbonyl (C=O) groups excluding carboxylic acids is 1. The molecule has 1 aliphatic heterocycles. The predicted molar refractivity (Wildman–Crippen MR) is 73.3 cm³/mol. The van der Waals surface area contributed by atoms with Crippen LogP contribution in [0.3, 0.4) is 0 Å². The number of hydrogen-bond acceptors (Lipinski definition) is 3. The molecule has 18 heavy (non-hydrogen) atoms. The second kappa shape index (κ2) is 6.02. The predicted octanol–water partition coefficient (Wildman–Crippen LogP) is 1.38. The molecule has 4 heteroatoms. The molecule has 1 saturated heterocycles. The van der Waals surface area contributed by atoms with Gasteiger partial charge in [0.1, 0.15) is 0 Å². The average molecular weight is 256 g/mol. The van der Waals surface area contributed by atoms with Crippen LogP contribution in [0, 0.1) is 5.92 Å². The molecular weight excluding hydrogens is 228 g/mol. The number of nitrogens with one attached hydrogen (secondary N) is 1. The van der Waals surface area contributed by atoms with Gasteiger partial charge < -0.3 is 10.4 Å². The molecule has 3 unspecified atom stereocenters. The third-order valence-electron chi connectivity index (χ3n) is 4.16. The van der Waals surface area contributed by atoms with Gasteiger partial charge in [-0.05, 0) is 39.5 Å². The van der Waals surface area contributed by atoms with Crippen molar-refractivity contribution >= 4 is 5.91 Å². The molecule has 0 aromatic rings. The number of aliphatic hydroxyl groups is 1. The van der Waals surface area contributed by atoms with Crippen LogP contribution in [-0.2, 0) is 4.79 Å². The second-order valence-corrected chi connectivity index (χ2v) is 6.23. The van der Waals surface area contributed by atoms with Crippen LogP contribution in [0.25, 0.3) is 0 Å². The van der Waals surface area contributed by atoms with Crippen LogP contribution in [0.5, 0.6) is 0 Å². The molecule has 1 aliphatic rings. The van der Waals surface area contributed by atoms with Gasteiger partial charge in [-0.3, -0.25) is 9.69 Å². The van der Waals surface area contributed by atoms with Gasteiger partial charge in [0.25, 0.3) is 0 Å². The fraction of sp³-hybridized carbons (Fsp3) is 0.929. The molecule has 3 atom stereocenters. The van der Waals surface area contributed by atoms with Crippen LogP contribution in [0.15, 0.2) is 0 Å². The molecule has 4 nitrogen and oxygen atoms in total. The lowest BCUT2D eigenvalue weighted by Crippen LogP contribution is -2.55. The topological polar surface area (TPSA) is 52.6 Å². The van der Waals surface area contributed by atoms with Gasteiger partial charge in [-0.2, -0.15) is 0 Å². The van der Waals surface area contributed by atoms with Crippen molar-refractivity contribution in [1.82, 2.24) is 10.2 Å². The smallest absolute Gasteiger partial charge is 0.237 e. The third-order valence-corrected chi connectivity index (χ3v) is 4.16. The summed E-state index contributed by atoms with van der Waals surface area (Å²) in [7, 11) is 0. The maximum atomic E-state index is 12.2. The first-order valence-corrected chi connectivity index (χ1v) is 7.01. The highest BCUT2D eigenvalue weighted by molar-refractivity contribution is 5.82. The number of rotatable bonds is 4. The summed E-state index contributed by atoms with van der Waals surface area (Å²) in [4.78, 5) is 14.4. The molecule has 0 aromatic carbocycles. The Bertz CT molecular complexity index is 292. The Hall–Kier alpha value is -0.610. The lowest BCUT2D eigenvalue weighted by Gasteiger charge is -2.38. The fourth-order valence-corrected chi connectivity index (χ4v) is 2.21. The molecule has 0 spiro atoms. The van der Waals surface area contributed by atoms with Gasteiger partial charge in [-0.1, -0.05) is 13.8 Å². The number of hydrogen-bond donors (Lipinski definition) is 2. The summed E-state index contributed by atoms with van der Waals surface area (Å²) in [6.07, 6.45) is 1.46. The van der Waals surface area contributed by atoms with Crippen molar-refractivity contribution in [3.05, 3.63) is 0 Å². The van der Waals surface area contributed by atoms with E-state index in [1.54, 1.807) is 0 Å². The van der Waals surface area contributed by atoms with Gasteiger partial charge in [-0.25, -0.2) is 0 Å². The largest absolute Gasteiger partial charge is 0.393 e. The molecular formula is C14H28N2O2. The molecule has 1 rings (SSSR count). The summed E-state index contributed by atoms with van der Waals surface area (Å²) in [5, 5.41) is 12.8. The minimum Gasteiger partial charge on any atom is -0.393 e. The summed E-state index contributed by atoms with van der Waals surface area (Å²) < 4.78 is 0. The van der Waals surface area contributed by atoms with E-state index in [4.69, 9.17) is 0 Å². The maximum Gasteiger partial charge on any atom is 0.237 e. The highest BCUT2D eigenvalue weighted by Gasteiger charge is 2.31. The SMILES string of the molecule is CCC(C)(C)NC(=O)C(C)N1CCC(O)C(C)C1. The van der Waals surface area contributed by atoms with Crippen LogP contribution < -0.4 is 5.32 Å². The van der Waals surface area contributed by atoms with E-state index in [9.17, 15) is 9.90 Å². The molecule has 0 aliphatic carbocycles. The Morgan fingerprint density at radius 1 is 1.56 bits per heavy atom. The highest BCUT2D eigenvalue weighted by atomic mass is 16.3. The quantitative estimate of drug-likeness (QED) is 0.799. The number of carbonyl (C=O) groups is 1. The zero-order valence-electron chi connectivity index (χ0n) is 12.4. The lowest BCUT2D eigenvalue weighted by atomic mass is 9.95. The van der Waals surface area contributed by atoms with Crippen molar-refractivity contribution in [2.45, 2.75) is 65.1 Å². The lowest BCUT2D eigenvalue weighted by molar-refractivity contribution is -0.129. The summed E-state index contributed by atoms with van der Waals surface area (Å²) in [6, 6.07) is -0.120. The Morgan fingerprint density at radius 2 is 2.17 bits per heavy atom. The summed E-state index contributed by atoms with van der Waals surface area (Å²) in [5.41, 5.74) is -0.147. The zero-order chi connectivity index (χ0) is 13.9. The number of nitrogens with zero attached hydrogens (tertiary/aromatic N) is 1. The van der Waals surface area contributed by atoms with Crippen molar-refractivity contribution in [2.24, 2.45) is 5.92 Å². The van der Waals surface area contributed by atoms with E-state index >= 15 is 0 Å². The van der Waals surface area contributed by atoms with Crippen molar-refractivity contribution in [3.63, 3.8) is 0 Å². The molecule has 1 heterocycles.